The number of piperidine rings is 2. The smallest absolute Gasteiger partial charge is 0.410 e. The van der Waals surface area contributed by atoms with E-state index in [9.17, 15) is 9.59 Å². The van der Waals surface area contributed by atoms with Crippen molar-refractivity contribution in [2.24, 2.45) is 11.8 Å². The SMILES string of the molecule is CC(C)CNC1CC(C(=O)N2CCCCC2)CN(C(=O)OC(C)(C)C)C1. The van der Waals surface area contributed by atoms with Gasteiger partial charge in [-0.3, -0.25) is 4.79 Å². The van der Waals surface area contributed by atoms with Gasteiger partial charge < -0.3 is 19.9 Å². The molecule has 0 radical (unpaired) electrons. The predicted octanol–water partition coefficient (Wildman–Crippen LogP) is 2.87. The van der Waals surface area contributed by atoms with Crippen LogP contribution in [0.3, 0.4) is 0 Å². The fourth-order valence-electron chi connectivity index (χ4n) is 3.68. The zero-order chi connectivity index (χ0) is 19.3. The Morgan fingerprint density at radius 3 is 2.31 bits per heavy atom. The Bertz CT molecular complexity index is 481. The second-order valence-electron chi connectivity index (χ2n) is 9.20. The van der Waals surface area contributed by atoms with Gasteiger partial charge >= 0.3 is 6.09 Å². The molecule has 2 rings (SSSR count). The zero-order valence-electron chi connectivity index (χ0n) is 17.2. The molecule has 150 valence electrons. The van der Waals surface area contributed by atoms with E-state index in [4.69, 9.17) is 4.74 Å². The Kier molecular flexibility index (Phi) is 7.33. The maximum atomic E-state index is 13.0. The first-order valence-corrected chi connectivity index (χ1v) is 10.2. The molecule has 1 N–H and O–H groups in total. The normalized spacial score (nSPS) is 24.7. The molecule has 26 heavy (non-hydrogen) atoms. The predicted molar refractivity (Wildman–Crippen MR) is 103 cm³/mol. The van der Waals surface area contributed by atoms with Crippen LogP contribution in [0.1, 0.15) is 60.3 Å². The molecule has 6 nitrogen and oxygen atoms in total. The van der Waals surface area contributed by atoms with E-state index in [2.05, 4.69) is 19.2 Å². The summed E-state index contributed by atoms with van der Waals surface area (Å²) in [6.07, 6.45) is 3.86. The molecular formula is C20H37N3O3. The van der Waals surface area contributed by atoms with Gasteiger partial charge in [0.15, 0.2) is 0 Å². The first-order valence-electron chi connectivity index (χ1n) is 10.2. The van der Waals surface area contributed by atoms with Gasteiger partial charge in [0.05, 0.1) is 5.92 Å². The minimum Gasteiger partial charge on any atom is -0.444 e. The molecule has 0 spiro atoms. The fraction of sp³-hybridized carbons (Fsp3) is 0.900. The molecular weight excluding hydrogens is 330 g/mol. The third kappa shape index (κ3) is 6.45. The van der Waals surface area contributed by atoms with Crippen LogP contribution in [0.15, 0.2) is 0 Å². The molecule has 2 aliphatic heterocycles. The van der Waals surface area contributed by atoms with Crippen molar-refractivity contribution in [3.8, 4) is 0 Å². The second kappa shape index (κ2) is 9.07. The van der Waals surface area contributed by atoms with Gasteiger partial charge in [0.2, 0.25) is 5.91 Å². The fourth-order valence-corrected chi connectivity index (χ4v) is 3.68. The van der Waals surface area contributed by atoms with Crippen LogP contribution in [0.2, 0.25) is 0 Å². The molecule has 2 fully saturated rings. The number of nitrogens with one attached hydrogen (secondary N) is 1. The quantitative estimate of drug-likeness (QED) is 0.830. The summed E-state index contributed by atoms with van der Waals surface area (Å²) in [5.74, 6) is 0.594. The molecule has 2 amide bonds. The Hall–Kier alpha value is -1.30. The van der Waals surface area contributed by atoms with Crippen LogP contribution in [0.25, 0.3) is 0 Å². The van der Waals surface area contributed by atoms with Gasteiger partial charge in [0.1, 0.15) is 5.60 Å². The molecule has 2 aliphatic rings. The summed E-state index contributed by atoms with van der Waals surface area (Å²) in [5.41, 5.74) is -0.526. The van der Waals surface area contributed by atoms with Gasteiger partial charge in [0, 0.05) is 32.2 Å². The van der Waals surface area contributed by atoms with Gasteiger partial charge in [-0.1, -0.05) is 13.8 Å². The van der Waals surface area contributed by atoms with Crippen LogP contribution in [-0.2, 0) is 9.53 Å². The summed E-state index contributed by atoms with van der Waals surface area (Å²) in [7, 11) is 0. The van der Waals surface area contributed by atoms with Crippen LogP contribution in [0.5, 0.6) is 0 Å². The van der Waals surface area contributed by atoms with Crippen LogP contribution in [0.4, 0.5) is 4.79 Å². The van der Waals surface area contributed by atoms with Gasteiger partial charge in [-0.2, -0.15) is 0 Å². The van der Waals surface area contributed by atoms with E-state index in [0.29, 0.717) is 19.0 Å². The van der Waals surface area contributed by atoms with Crippen molar-refractivity contribution in [2.45, 2.75) is 71.9 Å². The highest BCUT2D eigenvalue weighted by atomic mass is 16.6. The Balaban J connectivity index is 2.05. The van der Waals surface area contributed by atoms with Gasteiger partial charge in [-0.05, 0) is 58.9 Å². The number of ether oxygens (including phenoxy) is 1. The molecule has 2 heterocycles. The highest BCUT2D eigenvalue weighted by Gasteiger charge is 2.37. The molecule has 2 atom stereocenters. The maximum absolute atomic E-state index is 13.0. The number of likely N-dealkylation sites (tertiary alicyclic amines) is 2. The van der Waals surface area contributed by atoms with E-state index >= 15 is 0 Å². The van der Waals surface area contributed by atoms with E-state index in [1.54, 1.807) is 4.90 Å². The van der Waals surface area contributed by atoms with E-state index in [1.165, 1.54) is 6.42 Å². The van der Waals surface area contributed by atoms with Crippen molar-refractivity contribution in [3.05, 3.63) is 0 Å². The molecule has 0 saturated carbocycles. The molecule has 0 aromatic carbocycles. The summed E-state index contributed by atoms with van der Waals surface area (Å²) < 4.78 is 5.56. The number of carbonyl (C=O) groups is 2. The highest BCUT2D eigenvalue weighted by Crippen LogP contribution is 2.23. The summed E-state index contributed by atoms with van der Waals surface area (Å²) in [4.78, 5) is 29.3. The van der Waals surface area contributed by atoms with Gasteiger partial charge in [-0.25, -0.2) is 4.79 Å². The summed E-state index contributed by atoms with van der Waals surface area (Å²) in [6, 6.07) is 0.136. The van der Waals surface area contributed by atoms with Crippen molar-refractivity contribution in [2.75, 3.05) is 32.7 Å². The lowest BCUT2D eigenvalue weighted by Crippen LogP contribution is -2.56. The van der Waals surface area contributed by atoms with Crippen LogP contribution in [0, 0.1) is 11.8 Å². The van der Waals surface area contributed by atoms with Crippen LogP contribution >= 0.6 is 0 Å². The lowest BCUT2D eigenvalue weighted by Gasteiger charge is -2.40. The minimum atomic E-state index is -0.526. The molecule has 2 unspecified atom stereocenters. The lowest BCUT2D eigenvalue weighted by atomic mass is 9.92. The Morgan fingerprint density at radius 2 is 1.73 bits per heavy atom. The van der Waals surface area contributed by atoms with Crippen molar-refractivity contribution in [3.63, 3.8) is 0 Å². The first kappa shape index (κ1) is 21.0. The number of amides is 2. The Labute approximate surface area is 158 Å². The van der Waals surface area contributed by atoms with E-state index in [-0.39, 0.29) is 24.0 Å². The summed E-state index contributed by atoms with van der Waals surface area (Å²) >= 11 is 0. The highest BCUT2D eigenvalue weighted by molar-refractivity contribution is 5.80. The third-order valence-electron chi connectivity index (χ3n) is 4.93. The van der Waals surface area contributed by atoms with Crippen molar-refractivity contribution in [1.29, 1.82) is 0 Å². The minimum absolute atomic E-state index is 0.136. The molecule has 0 bridgehead atoms. The lowest BCUT2D eigenvalue weighted by molar-refractivity contribution is -0.138. The van der Waals surface area contributed by atoms with Crippen LogP contribution < -0.4 is 5.32 Å². The van der Waals surface area contributed by atoms with E-state index in [1.807, 2.05) is 25.7 Å². The number of rotatable bonds is 4. The molecule has 0 aromatic heterocycles. The number of hydrogen-bond donors (Lipinski definition) is 1. The monoisotopic (exact) mass is 367 g/mol. The molecule has 0 aromatic rings. The molecule has 2 saturated heterocycles. The largest absolute Gasteiger partial charge is 0.444 e. The Morgan fingerprint density at radius 1 is 1.08 bits per heavy atom. The molecule has 0 aliphatic carbocycles. The average Bonchev–Trinajstić information content (AvgIpc) is 2.58. The number of nitrogens with zero attached hydrogens (tertiary/aromatic N) is 2. The van der Waals surface area contributed by atoms with Crippen LogP contribution in [-0.4, -0.2) is 66.2 Å². The maximum Gasteiger partial charge on any atom is 0.410 e. The topological polar surface area (TPSA) is 61.9 Å². The third-order valence-corrected chi connectivity index (χ3v) is 4.93. The zero-order valence-corrected chi connectivity index (χ0v) is 17.2. The standard InChI is InChI=1S/C20H37N3O3/c1-15(2)12-21-17-11-16(18(24)22-9-7-6-8-10-22)13-23(14-17)19(25)26-20(3,4)5/h15-17,21H,6-14H2,1-5H3. The van der Waals surface area contributed by atoms with Crippen molar-refractivity contribution < 1.29 is 14.3 Å². The molecule has 6 heteroatoms. The summed E-state index contributed by atoms with van der Waals surface area (Å²) in [5, 5.41) is 3.54. The van der Waals surface area contributed by atoms with Crippen molar-refractivity contribution in [1.82, 2.24) is 15.1 Å². The summed E-state index contributed by atoms with van der Waals surface area (Å²) in [6.45, 7) is 13.6. The van der Waals surface area contributed by atoms with Crippen molar-refractivity contribution >= 4 is 12.0 Å². The van der Waals surface area contributed by atoms with Gasteiger partial charge in [-0.15, -0.1) is 0 Å². The first-order chi connectivity index (χ1) is 12.2. The second-order valence-corrected chi connectivity index (χ2v) is 9.20. The number of carbonyl (C=O) groups excluding carboxylic acids is 2. The van der Waals surface area contributed by atoms with E-state index in [0.717, 1.165) is 38.9 Å². The number of hydrogen-bond acceptors (Lipinski definition) is 4. The average molecular weight is 368 g/mol. The van der Waals surface area contributed by atoms with E-state index < -0.39 is 5.60 Å². The van der Waals surface area contributed by atoms with Gasteiger partial charge in [0.25, 0.3) is 0 Å².